The van der Waals surface area contributed by atoms with Crippen LogP contribution < -0.4 is 5.32 Å². The number of carbonyl (C=O) groups is 2. The van der Waals surface area contributed by atoms with Crippen LogP contribution in [-0.2, 0) is 9.59 Å². The molecule has 0 aromatic carbocycles. The summed E-state index contributed by atoms with van der Waals surface area (Å²) in [4.78, 5) is 24.8. The predicted octanol–water partition coefficient (Wildman–Crippen LogP) is 0.276. The summed E-state index contributed by atoms with van der Waals surface area (Å²) in [7, 11) is 0. The highest BCUT2D eigenvalue weighted by Gasteiger charge is 2.37. The van der Waals surface area contributed by atoms with Crippen molar-refractivity contribution in [3.05, 3.63) is 0 Å². The van der Waals surface area contributed by atoms with Gasteiger partial charge in [-0.25, -0.2) is 0 Å². The maximum atomic E-state index is 11.9. The van der Waals surface area contributed by atoms with E-state index in [4.69, 9.17) is 0 Å². The fourth-order valence-electron chi connectivity index (χ4n) is 2.23. The molecule has 0 saturated carbocycles. The molecule has 4 heteroatoms. The van der Waals surface area contributed by atoms with Crippen molar-refractivity contribution in [1.29, 1.82) is 0 Å². The molecular weight excluding hydrogens is 180 g/mol. The van der Waals surface area contributed by atoms with Crippen molar-refractivity contribution in [1.82, 2.24) is 10.2 Å². The first-order valence-electron chi connectivity index (χ1n) is 5.29. The molecule has 2 fully saturated rings. The third-order valence-electron chi connectivity index (χ3n) is 3.08. The van der Waals surface area contributed by atoms with Crippen LogP contribution in [0.1, 0.15) is 32.6 Å². The van der Waals surface area contributed by atoms with E-state index in [9.17, 15) is 9.59 Å². The van der Waals surface area contributed by atoms with Gasteiger partial charge >= 0.3 is 0 Å². The summed E-state index contributed by atoms with van der Waals surface area (Å²) in [5, 5.41) is 3.13. The minimum atomic E-state index is -0.112. The second-order valence-corrected chi connectivity index (χ2v) is 4.14. The lowest BCUT2D eigenvalue weighted by atomic mass is 10.2. The zero-order chi connectivity index (χ0) is 10.1. The summed E-state index contributed by atoms with van der Waals surface area (Å²) >= 11 is 0. The smallest absolute Gasteiger partial charge is 0.246 e. The molecule has 1 N–H and O–H groups in total. The monoisotopic (exact) mass is 196 g/mol. The van der Waals surface area contributed by atoms with Crippen LogP contribution in [0.4, 0.5) is 0 Å². The van der Waals surface area contributed by atoms with E-state index in [1.807, 2.05) is 6.92 Å². The molecule has 0 bridgehead atoms. The first-order chi connectivity index (χ1) is 6.70. The van der Waals surface area contributed by atoms with Crippen molar-refractivity contribution in [2.45, 2.75) is 44.7 Å². The highest BCUT2D eigenvalue weighted by molar-refractivity contribution is 5.99. The highest BCUT2D eigenvalue weighted by atomic mass is 16.2. The summed E-state index contributed by atoms with van der Waals surface area (Å²) < 4.78 is 0. The number of amides is 2. The van der Waals surface area contributed by atoms with Crippen molar-refractivity contribution in [3.63, 3.8) is 0 Å². The number of hydrogen-bond acceptors (Lipinski definition) is 3. The Kier molecular flexibility index (Phi) is 2.54. The molecule has 0 aromatic rings. The molecule has 2 aliphatic rings. The van der Waals surface area contributed by atoms with E-state index in [1.54, 1.807) is 0 Å². The summed E-state index contributed by atoms with van der Waals surface area (Å²) in [5.41, 5.74) is 0. The number of hydrogen-bond donors (Lipinski definition) is 1. The van der Waals surface area contributed by atoms with Gasteiger partial charge in [0.15, 0.2) is 0 Å². The predicted molar refractivity (Wildman–Crippen MR) is 51.6 cm³/mol. The molecule has 0 spiro atoms. The number of nitrogens with one attached hydrogen (secondary N) is 1. The van der Waals surface area contributed by atoms with E-state index < -0.39 is 0 Å². The number of imide groups is 1. The maximum absolute atomic E-state index is 11.9. The molecule has 0 aliphatic carbocycles. The zero-order valence-electron chi connectivity index (χ0n) is 8.45. The van der Waals surface area contributed by atoms with Crippen molar-refractivity contribution in [2.24, 2.45) is 0 Å². The summed E-state index contributed by atoms with van der Waals surface area (Å²) in [6, 6.07) is -0.0168. The van der Waals surface area contributed by atoms with Gasteiger partial charge in [0.2, 0.25) is 11.8 Å². The Labute approximate surface area is 83.6 Å². The number of rotatable bonds is 1. The molecule has 14 heavy (non-hydrogen) atoms. The lowest BCUT2D eigenvalue weighted by Gasteiger charge is -2.22. The van der Waals surface area contributed by atoms with E-state index in [2.05, 4.69) is 5.32 Å². The van der Waals surface area contributed by atoms with E-state index in [0.717, 1.165) is 25.8 Å². The summed E-state index contributed by atoms with van der Waals surface area (Å²) in [6.07, 6.45) is 3.25. The quantitative estimate of drug-likeness (QED) is 0.613. The third kappa shape index (κ3) is 1.54. The van der Waals surface area contributed by atoms with Crippen LogP contribution >= 0.6 is 0 Å². The summed E-state index contributed by atoms with van der Waals surface area (Å²) in [5.74, 6) is -0.0197. The van der Waals surface area contributed by atoms with E-state index in [0.29, 0.717) is 6.42 Å². The molecule has 2 unspecified atom stereocenters. The first kappa shape index (κ1) is 9.65. The molecule has 2 saturated heterocycles. The van der Waals surface area contributed by atoms with Gasteiger partial charge in [-0.05, 0) is 32.7 Å². The molecule has 2 amide bonds. The molecule has 2 atom stereocenters. The van der Waals surface area contributed by atoms with E-state index in [-0.39, 0.29) is 23.9 Å². The fraction of sp³-hybridized carbons (Fsp3) is 0.800. The number of likely N-dealkylation sites (tertiary alicyclic amines) is 1. The third-order valence-corrected chi connectivity index (χ3v) is 3.08. The Morgan fingerprint density at radius 3 is 2.79 bits per heavy atom. The number of carbonyl (C=O) groups excluding carboxylic acids is 2. The van der Waals surface area contributed by atoms with Gasteiger partial charge in [-0.2, -0.15) is 0 Å². The Hall–Kier alpha value is -0.900. The topological polar surface area (TPSA) is 49.4 Å². The van der Waals surface area contributed by atoms with Crippen LogP contribution in [0.3, 0.4) is 0 Å². The standard InChI is InChI=1S/C10H16N2O2/c1-7-4-5-9(13)12(7)10(14)8-3-2-6-11-8/h7-8,11H,2-6H2,1H3. The minimum absolute atomic E-state index is 0.00352. The van der Waals surface area contributed by atoms with Gasteiger partial charge in [0.05, 0.1) is 6.04 Å². The van der Waals surface area contributed by atoms with Crippen LogP contribution in [0.5, 0.6) is 0 Å². The van der Waals surface area contributed by atoms with Crippen molar-refractivity contribution in [3.8, 4) is 0 Å². The van der Waals surface area contributed by atoms with E-state index in [1.165, 1.54) is 4.90 Å². The van der Waals surface area contributed by atoms with Gasteiger partial charge < -0.3 is 5.32 Å². The van der Waals surface area contributed by atoms with Gasteiger partial charge in [-0.3, -0.25) is 14.5 Å². The summed E-state index contributed by atoms with van der Waals surface area (Å²) in [6.45, 7) is 2.84. The van der Waals surface area contributed by atoms with Crippen LogP contribution in [0.2, 0.25) is 0 Å². The lowest BCUT2D eigenvalue weighted by molar-refractivity contribution is -0.144. The second kappa shape index (κ2) is 3.69. The average molecular weight is 196 g/mol. The van der Waals surface area contributed by atoms with Gasteiger partial charge in [0.1, 0.15) is 0 Å². The molecular formula is C10H16N2O2. The van der Waals surface area contributed by atoms with Crippen molar-refractivity contribution >= 4 is 11.8 Å². The van der Waals surface area contributed by atoms with Gasteiger partial charge in [-0.1, -0.05) is 0 Å². The van der Waals surface area contributed by atoms with Crippen LogP contribution in [0, 0.1) is 0 Å². The van der Waals surface area contributed by atoms with Gasteiger partial charge in [0, 0.05) is 12.5 Å². The molecule has 78 valence electrons. The Morgan fingerprint density at radius 2 is 2.29 bits per heavy atom. The average Bonchev–Trinajstić information content (AvgIpc) is 2.75. The minimum Gasteiger partial charge on any atom is -0.306 e. The highest BCUT2D eigenvalue weighted by Crippen LogP contribution is 2.21. The Morgan fingerprint density at radius 1 is 1.50 bits per heavy atom. The number of nitrogens with zero attached hydrogens (tertiary/aromatic N) is 1. The van der Waals surface area contributed by atoms with Gasteiger partial charge in [0.25, 0.3) is 0 Å². The largest absolute Gasteiger partial charge is 0.306 e. The molecule has 2 rings (SSSR count). The Bertz CT molecular complexity index is 259. The van der Waals surface area contributed by atoms with Crippen molar-refractivity contribution < 1.29 is 9.59 Å². The zero-order valence-corrected chi connectivity index (χ0v) is 8.45. The maximum Gasteiger partial charge on any atom is 0.246 e. The normalized spacial score (nSPS) is 32.6. The SMILES string of the molecule is CC1CCC(=O)N1C(=O)C1CCCN1. The molecule has 2 heterocycles. The molecule has 2 aliphatic heterocycles. The van der Waals surface area contributed by atoms with Gasteiger partial charge in [-0.15, -0.1) is 0 Å². The molecule has 4 nitrogen and oxygen atoms in total. The molecule has 0 aromatic heterocycles. The molecule has 0 radical (unpaired) electrons. The second-order valence-electron chi connectivity index (χ2n) is 4.14. The van der Waals surface area contributed by atoms with Crippen LogP contribution in [0.25, 0.3) is 0 Å². The first-order valence-corrected chi connectivity index (χ1v) is 5.29. The van der Waals surface area contributed by atoms with E-state index >= 15 is 0 Å². The van der Waals surface area contributed by atoms with Crippen molar-refractivity contribution in [2.75, 3.05) is 6.54 Å². The van der Waals surface area contributed by atoms with Crippen LogP contribution in [0.15, 0.2) is 0 Å². The fourth-order valence-corrected chi connectivity index (χ4v) is 2.23. The van der Waals surface area contributed by atoms with Crippen LogP contribution in [-0.4, -0.2) is 35.3 Å². The Balaban J connectivity index is 2.05. The lowest BCUT2D eigenvalue weighted by Crippen LogP contribution is -2.46.